The van der Waals surface area contributed by atoms with Crippen LogP contribution in [-0.2, 0) is 4.79 Å². The molecule has 88 valence electrons. The largest absolute Gasteiger partial charge is 0.480 e. The van der Waals surface area contributed by atoms with Crippen LogP contribution in [0.15, 0.2) is 0 Å². The second-order valence-corrected chi connectivity index (χ2v) is 4.29. The number of hydrogen-bond donors (Lipinski definition) is 1. The molecule has 2 fully saturated rings. The molecule has 0 aromatic heterocycles. The Morgan fingerprint density at radius 3 is 2.33 bits per heavy atom. The molecule has 1 unspecified atom stereocenters. The SMILES string of the molecule is C1CC1.CCN1CCN(C)C(C(=O)O)C1. The average molecular weight is 214 g/mol. The van der Waals surface area contributed by atoms with Crippen molar-refractivity contribution in [2.45, 2.75) is 32.2 Å². The van der Waals surface area contributed by atoms with Crippen molar-refractivity contribution in [1.29, 1.82) is 0 Å². The van der Waals surface area contributed by atoms with Crippen LogP contribution in [0.25, 0.3) is 0 Å². The first-order valence-electron chi connectivity index (χ1n) is 5.80. The number of likely N-dealkylation sites (N-methyl/N-ethyl adjacent to an activating group) is 2. The molecular formula is C11H22N2O2. The minimum Gasteiger partial charge on any atom is -0.480 e. The summed E-state index contributed by atoms with van der Waals surface area (Å²) >= 11 is 0. The van der Waals surface area contributed by atoms with E-state index in [1.165, 1.54) is 19.3 Å². The molecule has 15 heavy (non-hydrogen) atoms. The molecule has 0 spiro atoms. The summed E-state index contributed by atoms with van der Waals surface area (Å²) in [4.78, 5) is 14.8. The number of rotatable bonds is 2. The smallest absolute Gasteiger partial charge is 0.322 e. The van der Waals surface area contributed by atoms with Crippen LogP contribution in [0.5, 0.6) is 0 Å². The fourth-order valence-corrected chi connectivity index (χ4v) is 1.48. The Hall–Kier alpha value is -0.610. The number of piperazine rings is 1. The maximum atomic E-state index is 10.8. The van der Waals surface area contributed by atoms with Crippen LogP contribution in [0.1, 0.15) is 26.2 Å². The van der Waals surface area contributed by atoms with Gasteiger partial charge >= 0.3 is 5.97 Å². The lowest BCUT2D eigenvalue weighted by atomic mass is 10.2. The van der Waals surface area contributed by atoms with E-state index < -0.39 is 5.97 Å². The Morgan fingerprint density at radius 1 is 1.33 bits per heavy atom. The maximum absolute atomic E-state index is 10.8. The maximum Gasteiger partial charge on any atom is 0.322 e. The van der Waals surface area contributed by atoms with Gasteiger partial charge in [0.25, 0.3) is 0 Å². The lowest BCUT2D eigenvalue weighted by Crippen LogP contribution is -2.54. The zero-order chi connectivity index (χ0) is 11.3. The van der Waals surface area contributed by atoms with Gasteiger partial charge in [-0.25, -0.2) is 0 Å². The van der Waals surface area contributed by atoms with Crippen molar-refractivity contribution in [2.24, 2.45) is 0 Å². The van der Waals surface area contributed by atoms with E-state index in [1.807, 2.05) is 11.9 Å². The van der Waals surface area contributed by atoms with Crippen LogP contribution in [0.4, 0.5) is 0 Å². The molecule has 1 saturated heterocycles. The molecule has 1 aliphatic carbocycles. The van der Waals surface area contributed by atoms with E-state index >= 15 is 0 Å². The summed E-state index contributed by atoms with van der Waals surface area (Å²) in [6.45, 7) is 5.49. The highest BCUT2D eigenvalue weighted by molar-refractivity contribution is 5.73. The molecule has 2 aliphatic rings. The van der Waals surface area contributed by atoms with E-state index in [-0.39, 0.29) is 6.04 Å². The predicted molar refractivity (Wildman–Crippen MR) is 60.0 cm³/mol. The Kier molecular flexibility index (Phi) is 5.05. The molecule has 4 nitrogen and oxygen atoms in total. The molecule has 0 radical (unpaired) electrons. The van der Waals surface area contributed by atoms with E-state index in [4.69, 9.17) is 5.11 Å². The monoisotopic (exact) mass is 214 g/mol. The van der Waals surface area contributed by atoms with Crippen LogP contribution in [0, 0.1) is 0 Å². The second kappa shape index (κ2) is 6.08. The van der Waals surface area contributed by atoms with Gasteiger partial charge in [0.2, 0.25) is 0 Å². The number of carboxylic acids is 1. The number of aliphatic carboxylic acids is 1. The standard InChI is InChI=1S/C8H16N2O2.C3H6/c1-3-10-5-4-9(2)7(6-10)8(11)12;1-2-3-1/h7H,3-6H2,1-2H3,(H,11,12);1-3H2. The molecule has 2 rings (SSSR count). The average Bonchev–Trinajstić information content (AvgIpc) is 3.05. The van der Waals surface area contributed by atoms with Crippen molar-refractivity contribution in [3.05, 3.63) is 0 Å². The highest BCUT2D eigenvalue weighted by atomic mass is 16.4. The van der Waals surface area contributed by atoms with Crippen molar-refractivity contribution in [3.8, 4) is 0 Å². The fourth-order valence-electron chi connectivity index (χ4n) is 1.48. The zero-order valence-corrected chi connectivity index (χ0v) is 9.78. The van der Waals surface area contributed by atoms with Crippen LogP contribution in [0.3, 0.4) is 0 Å². The lowest BCUT2D eigenvalue weighted by Gasteiger charge is -2.36. The van der Waals surface area contributed by atoms with E-state index in [0.29, 0.717) is 6.54 Å². The molecule has 1 aliphatic heterocycles. The van der Waals surface area contributed by atoms with Crippen LogP contribution in [-0.4, -0.2) is 60.1 Å². The van der Waals surface area contributed by atoms with Crippen molar-refractivity contribution in [3.63, 3.8) is 0 Å². The van der Waals surface area contributed by atoms with Crippen molar-refractivity contribution >= 4 is 5.97 Å². The topological polar surface area (TPSA) is 43.8 Å². The molecule has 1 heterocycles. The van der Waals surface area contributed by atoms with Crippen LogP contribution < -0.4 is 0 Å². The van der Waals surface area contributed by atoms with E-state index in [0.717, 1.165) is 19.6 Å². The summed E-state index contributed by atoms with van der Waals surface area (Å²) in [5.74, 6) is -0.712. The predicted octanol–water partition coefficient (Wildman–Crippen LogP) is 0.877. The minimum atomic E-state index is -0.712. The first-order chi connectivity index (χ1) is 7.15. The molecule has 4 heteroatoms. The van der Waals surface area contributed by atoms with Gasteiger partial charge in [-0.15, -0.1) is 0 Å². The van der Waals surface area contributed by atoms with Crippen molar-refractivity contribution in [2.75, 3.05) is 33.2 Å². The van der Waals surface area contributed by atoms with Crippen molar-refractivity contribution < 1.29 is 9.90 Å². The zero-order valence-electron chi connectivity index (χ0n) is 9.78. The molecular weight excluding hydrogens is 192 g/mol. The number of hydrogen-bond acceptors (Lipinski definition) is 3. The molecule has 0 amide bonds. The molecule has 1 N–H and O–H groups in total. The summed E-state index contributed by atoms with van der Waals surface area (Å²) in [5.41, 5.74) is 0. The summed E-state index contributed by atoms with van der Waals surface area (Å²) < 4.78 is 0. The third kappa shape index (κ3) is 4.62. The van der Waals surface area contributed by atoms with E-state index in [1.54, 1.807) is 0 Å². The Morgan fingerprint density at radius 2 is 1.93 bits per heavy atom. The van der Waals surface area contributed by atoms with E-state index in [2.05, 4.69) is 11.8 Å². The summed E-state index contributed by atoms with van der Waals surface area (Å²) in [5, 5.41) is 8.85. The summed E-state index contributed by atoms with van der Waals surface area (Å²) in [6, 6.07) is -0.321. The fraction of sp³-hybridized carbons (Fsp3) is 0.909. The Balaban J connectivity index is 0.000000319. The first kappa shape index (κ1) is 12.5. The Labute approximate surface area is 91.9 Å². The van der Waals surface area contributed by atoms with Gasteiger partial charge in [0.15, 0.2) is 0 Å². The van der Waals surface area contributed by atoms with Gasteiger partial charge in [0.1, 0.15) is 6.04 Å². The van der Waals surface area contributed by atoms with Gasteiger partial charge in [0, 0.05) is 19.6 Å². The van der Waals surface area contributed by atoms with E-state index in [9.17, 15) is 4.79 Å². The number of carbonyl (C=O) groups is 1. The molecule has 0 bridgehead atoms. The minimum absolute atomic E-state index is 0.321. The van der Waals surface area contributed by atoms with Crippen LogP contribution >= 0.6 is 0 Å². The van der Waals surface area contributed by atoms with Gasteiger partial charge in [-0.3, -0.25) is 9.69 Å². The first-order valence-corrected chi connectivity index (χ1v) is 5.80. The normalized spacial score (nSPS) is 26.7. The summed E-state index contributed by atoms with van der Waals surface area (Å²) in [7, 11) is 1.87. The third-order valence-corrected chi connectivity index (χ3v) is 2.82. The number of nitrogens with zero attached hydrogens (tertiary/aromatic N) is 2. The third-order valence-electron chi connectivity index (χ3n) is 2.82. The number of carboxylic acid groups (broad SMARTS) is 1. The highest BCUT2D eigenvalue weighted by Gasteiger charge is 2.28. The summed E-state index contributed by atoms with van der Waals surface area (Å²) in [6.07, 6.45) is 4.50. The lowest BCUT2D eigenvalue weighted by molar-refractivity contribution is -0.145. The molecule has 1 saturated carbocycles. The van der Waals surface area contributed by atoms with Gasteiger partial charge in [-0.05, 0) is 13.6 Å². The highest BCUT2D eigenvalue weighted by Crippen LogP contribution is 2.14. The van der Waals surface area contributed by atoms with Gasteiger partial charge in [0.05, 0.1) is 0 Å². The van der Waals surface area contributed by atoms with Gasteiger partial charge in [-0.2, -0.15) is 0 Å². The molecule has 0 aromatic carbocycles. The quantitative estimate of drug-likeness (QED) is 0.741. The molecule has 1 atom stereocenters. The van der Waals surface area contributed by atoms with Crippen molar-refractivity contribution in [1.82, 2.24) is 9.80 Å². The molecule has 0 aromatic rings. The second-order valence-electron chi connectivity index (χ2n) is 4.29. The van der Waals surface area contributed by atoms with Gasteiger partial charge < -0.3 is 10.0 Å². The van der Waals surface area contributed by atoms with Gasteiger partial charge in [-0.1, -0.05) is 26.2 Å². The van der Waals surface area contributed by atoms with Crippen LogP contribution in [0.2, 0.25) is 0 Å². The Bertz CT molecular complexity index is 204.